The van der Waals surface area contributed by atoms with Crippen molar-refractivity contribution >= 4 is 5.91 Å². The van der Waals surface area contributed by atoms with Crippen LogP contribution in [-0.2, 0) is 0 Å². The van der Waals surface area contributed by atoms with E-state index in [1.54, 1.807) is 30.3 Å². The van der Waals surface area contributed by atoms with Crippen molar-refractivity contribution in [2.24, 2.45) is 5.92 Å². The molecule has 1 atom stereocenters. The number of hydrogen-bond acceptors (Lipinski definition) is 2. The second-order valence-electron chi connectivity index (χ2n) is 4.98. The number of aliphatic hydroxyl groups is 1. The lowest BCUT2D eigenvalue weighted by molar-refractivity contribution is -0.222. The molecular weight excluding hydrogens is 271 g/mol. The van der Waals surface area contributed by atoms with Crippen LogP contribution in [0.3, 0.4) is 0 Å². The maximum absolute atomic E-state index is 12.4. The normalized spacial score (nSPS) is 18.9. The van der Waals surface area contributed by atoms with Gasteiger partial charge in [0.1, 0.15) is 0 Å². The lowest BCUT2D eigenvalue weighted by Crippen LogP contribution is -2.45. The van der Waals surface area contributed by atoms with Gasteiger partial charge in [-0.25, -0.2) is 0 Å². The molecule has 1 aromatic carbocycles. The van der Waals surface area contributed by atoms with E-state index < -0.39 is 18.2 Å². The third-order valence-electron chi connectivity index (χ3n) is 3.63. The first-order valence-corrected chi connectivity index (χ1v) is 6.48. The number of piperidine rings is 1. The number of benzene rings is 1. The van der Waals surface area contributed by atoms with Gasteiger partial charge in [-0.15, -0.1) is 0 Å². The number of likely N-dealkylation sites (tertiary alicyclic amines) is 1. The van der Waals surface area contributed by atoms with E-state index in [1.807, 2.05) is 0 Å². The van der Waals surface area contributed by atoms with Crippen molar-refractivity contribution in [3.8, 4) is 0 Å². The Morgan fingerprint density at radius 2 is 1.75 bits per heavy atom. The number of carbonyl (C=O) groups excluding carboxylic acids is 1. The van der Waals surface area contributed by atoms with Crippen LogP contribution in [0.4, 0.5) is 13.2 Å². The molecule has 1 N–H and O–H groups in total. The Hall–Kier alpha value is -1.56. The third kappa shape index (κ3) is 3.30. The summed E-state index contributed by atoms with van der Waals surface area (Å²) in [6, 6.07) is 8.64. The van der Waals surface area contributed by atoms with Crippen LogP contribution in [0.1, 0.15) is 23.2 Å². The minimum absolute atomic E-state index is 0.166. The SMILES string of the molecule is O=C(c1ccccc1)N1CCC(C(O)C(F)(F)F)CC1. The van der Waals surface area contributed by atoms with Gasteiger partial charge >= 0.3 is 6.18 Å². The van der Waals surface area contributed by atoms with Gasteiger partial charge in [0.2, 0.25) is 0 Å². The Bertz CT molecular complexity index is 453. The highest BCUT2D eigenvalue weighted by Gasteiger charge is 2.44. The summed E-state index contributed by atoms with van der Waals surface area (Å²) >= 11 is 0. The van der Waals surface area contributed by atoms with Crippen LogP contribution in [0, 0.1) is 5.92 Å². The van der Waals surface area contributed by atoms with Gasteiger partial charge in [0, 0.05) is 18.7 Å². The van der Waals surface area contributed by atoms with Gasteiger partial charge in [-0.05, 0) is 30.9 Å². The van der Waals surface area contributed by atoms with E-state index in [2.05, 4.69) is 0 Å². The second-order valence-corrected chi connectivity index (χ2v) is 4.98. The molecule has 110 valence electrons. The summed E-state index contributed by atoms with van der Waals surface area (Å²) in [6.07, 6.45) is -6.55. The molecule has 0 radical (unpaired) electrons. The van der Waals surface area contributed by atoms with Gasteiger partial charge < -0.3 is 10.0 Å². The molecule has 0 aromatic heterocycles. The van der Waals surface area contributed by atoms with Crippen molar-refractivity contribution in [1.82, 2.24) is 4.90 Å². The van der Waals surface area contributed by atoms with E-state index in [-0.39, 0.29) is 31.8 Å². The Balaban J connectivity index is 1.93. The first-order chi connectivity index (χ1) is 9.39. The standard InChI is InChI=1S/C14H16F3NO2/c15-14(16,17)12(19)10-6-8-18(9-7-10)13(20)11-4-2-1-3-5-11/h1-5,10,12,19H,6-9H2. The number of halogens is 3. The van der Waals surface area contributed by atoms with E-state index >= 15 is 0 Å². The zero-order valence-corrected chi connectivity index (χ0v) is 10.8. The van der Waals surface area contributed by atoms with Gasteiger partial charge in [-0.2, -0.15) is 13.2 Å². The maximum atomic E-state index is 12.4. The van der Waals surface area contributed by atoms with Crippen LogP contribution in [-0.4, -0.2) is 41.3 Å². The number of rotatable bonds is 2. The van der Waals surface area contributed by atoms with Gasteiger partial charge in [0.25, 0.3) is 5.91 Å². The zero-order valence-electron chi connectivity index (χ0n) is 10.8. The molecule has 1 aliphatic rings. The lowest BCUT2D eigenvalue weighted by Gasteiger charge is -2.34. The summed E-state index contributed by atoms with van der Waals surface area (Å²) < 4.78 is 37.3. The van der Waals surface area contributed by atoms with E-state index in [1.165, 1.54) is 4.90 Å². The average Bonchev–Trinajstić information content (AvgIpc) is 2.46. The van der Waals surface area contributed by atoms with Crippen LogP contribution < -0.4 is 0 Å². The first kappa shape index (κ1) is 14.8. The molecule has 1 fully saturated rings. The number of hydrogen-bond donors (Lipinski definition) is 1. The number of amides is 1. The van der Waals surface area contributed by atoms with Crippen molar-refractivity contribution in [3.05, 3.63) is 35.9 Å². The quantitative estimate of drug-likeness (QED) is 0.907. The van der Waals surface area contributed by atoms with Gasteiger partial charge in [0.05, 0.1) is 0 Å². The number of alkyl halides is 3. The van der Waals surface area contributed by atoms with Gasteiger partial charge in [-0.1, -0.05) is 18.2 Å². The van der Waals surface area contributed by atoms with Crippen molar-refractivity contribution in [3.63, 3.8) is 0 Å². The molecule has 0 spiro atoms. The Labute approximate surface area is 115 Å². The summed E-state index contributed by atoms with van der Waals surface area (Å²) in [6.45, 7) is 0.483. The molecular formula is C14H16F3NO2. The molecule has 3 nitrogen and oxygen atoms in total. The highest BCUT2D eigenvalue weighted by molar-refractivity contribution is 5.94. The largest absolute Gasteiger partial charge is 0.414 e. The fourth-order valence-electron chi connectivity index (χ4n) is 2.45. The number of aliphatic hydroxyl groups excluding tert-OH is 1. The predicted molar refractivity (Wildman–Crippen MR) is 67.1 cm³/mol. The van der Waals surface area contributed by atoms with Gasteiger partial charge in [0.15, 0.2) is 6.10 Å². The fraction of sp³-hybridized carbons (Fsp3) is 0.500. The predicted octanol–water partition coefficient (Wildman–Crippen LogP) is 2.46. The smallest absolute Gasteiger partial charge is 0.383 e. The van der Waals surface area contributed by atoms with E-state index in [4.69, 9.17) is 0 Å². The summed E-state index contributed by atoms with van der Waals surface area (Å²) in [4.78, 5) is 13.7. The van der Waals surface area contributed by atoms with Crippen LogP contribution in [0.5, 0.6) is 0 Å². The van der Waals surface area contributed by atoms with Crippen molar-refractivity contribution in [2.45, 2.75) is 25.1 Å². The van der Waals surface area contributed by atoms with Crippen molar-refractivity contribution in [1.29, 1.82) is 0 Å². The first-order valence-electron chi connectivity index (χ1n) is 6.48. The summed E-state index contributed by atoms with van der Waals surface area (Å²) in [5.74, 6) is -1.000. The van der Waals surface area contributed by atoms with E-state index in [9.17, 15) is 23.1 Å². The molecule has 1 heterocycles. The molecule has 0 bridgehead atoms. The van der Waals surface area contributed by atoms with Gasteiger partial charge in [-0.3, -0.25) is 4.79 Å². The Morgan fingerprint density at radius 3 is 2.25 bits per heavy atom. The number of carbonyl (C=O) groups is 1. The second kappa shape index (κ2) is 5.83. The molecule has 6 heteroatoms. The summed E-state index contributed by atoms with van der Waals surface area (Å²) in [7, 11) is 0. The molecule has 1 amide bonds. The minimum Gasteiger partial charge on any atom is -0.383 e. The highest BCUT2D eigenvalue weighted by atomic mass is 19.4. The monoisotopic (exact) mass is 287 g/mol. The fourth-order valence-corrected chi connectivity index (χ4v) is 2.45. The van der Waals surface area contributed by atoms with Crippen molar-refractivity contribution in [2.75, 3.05) is 13.1 Å². The lowest BCUT2D eigenvalue weighted by atomic mass is 9.90. The summed E-state index contributed by atoms with van der Waals surface area (Å²) in [5, 5.41) is 9.22. The average molecular weight is 287 g/mol. The minimum atomic E-state index is -4.59. The highest BCUT2D eigenvalue weighted by Crippen LogP contribution is 2.31. The van der Waals surface area contributed by atoms with Crippen LogP contribution >= 0.6 is 0 Å². The number of nitrogens with zero attached hydrogens (tertiary/aromatic N) is 1. The van der Waals surface area contributed by atoms with Crippen LogP contribution in [0.2, 0.25) is 0 Å². The molecule has 0 saturated carbocycles. The topological polar surface area (TPSA) is 40.5 Å². The molecule has 0 aliphatic carbocycles. The summed E-state index contributed by atoms with van der Waals surface area (Å²) in [5.41, 5.74) is 0.530. The molecule has 1 saturated heterocycles. The maximum Gasteiger partial charge on any atom is 0.414 e. The Kier molecular flexibility index (Phi) is 4.32. The van der Waals surface area contributed by atoms with Crippen LogP contribution in [0.25, 0.3) is 0 Å². The molecule has 1 aliphatic heterocycles. The van der Waals surface area contributed by atoms with E-state index in [0.717, 1.165) is 0 Å². The van der Waals surface area contributed by atoms with E-state index in [0.29, 0.717) is 5.56 Å². The third-order valence-corrected chi connectivity index (χ3v) is 3.63. The van der Waals surface area contributed by atoms with Crippen molar-refractivity contribution < 1.29 is 23.1 Å². The molecule has 20 heavy (non-hydrogen) atoms. The molecule has 1 unspecified atom stereocenters. The Morgan fingerprint density at radius 1 is 1.20 bits per heavy atom. The van der Waals surface area contributed by atoms with Crippen LogP contribution in [0.15, 0.2) is 30.3 Å². The molecule has 2 rings (SSSR count). The zero-order chi connectivity index (χ0) is 14.8. The molecule has 1 aromatic rings.